The Morgan fingerprint density at radius 1 is 1.37 bits per heavy atom. The van der Waals surface area contributed by atoms with Crippen molar-refractivity contribution in [1.82, 2.24) is 5.32 Å². The highest BCUT2D eigenvalue weighted by atomic mass is 32.2. The van der Waals surface area contributed by atoms with Gasteiger partial charge in [-0.1, -0.05) is 6.07 Å². The van der Waals surface area contributed by atoms with E-state index in [1.54, 1.807) is 6.92 Å². The molecule has 3 nitrogen and oxygen atoms in total. The summed E-state index contributed by atoms with van der Waals surface area (Å²) in [5.41, 5.74) is 0.606. The molecule has 19 heavy (non-hydrogen) atoms. The molecule has 0 aliphatic carbocycles. The average Bonchev–Trinajstić information content (AvgIpc) is 2.69. The molecule has 1 aromatic carbocycles. The van der Waals surface area contributed by atoms with Gasteiger partial charge in [0.05, 0.1) is 11.0 Å². The average molecular weight is 289 g/mol. The Morgan fingerprint density at radius 3 is 2.68 bits per heavy atom. The molecular weight excluding hydrogens is 272 g/mol. The molecule has 0 radical (unpaired) electrons. The second-order valence-electron chi connectivity index (χ2n) is 4.93. The largest absolute Gasteiger partial charge is 0.309 e. The molecule has 1 heterocycles. The lowest BCUT2D eigenvalue weighted by Gasteiger charge is -2.17. The molecule has 1 aliphatic heterocycles. The topological polar surface area (TPSA) is 46.2 Å². The highest BCUT2D eigenvalue weighted by Crippen LogP contribution is 2.21. The fourth-order valence-corrected chi connectivity index (χ4v) is 4.07. The van der Waals surface area contributed by atoms with Crippen molar-refractivity contribution in [3.05, 3.63) is 35.4 Å². The van der Waals surface area contributed by atoms with Crippen LogP contribution in [0.3, 0.4) is 0 Å². The number of rotatable bonds is 4. The summed E-state index contributed by atoms with van der Waals surface area (Å²) in [6.45, 7) is 2.15. The van der Waals surface area contributed by atoms with Crippen LogP contribution in [0.5, 0.6) is 0 Å². The van der Waals surface area contributed by atoms with E-state index in [1.807, 2.05) is 0 Å². The van der Waals surface area contributed by atoms with E-state index in [4.69, 9.17) is 0 Å². The Morgan fingerprint density at radius 2 is 2.11 bits per heavy atom. The first-order valence-corrected chi connectivity index (χ1v) is 8.01. The predicted molar refractivity (Wildman–Crippen MR) is 69.6 cm³/mol. The van der Waals surface area contributed by atoms with Crippen LogP contribution in [0.1, 0.15) is 31.4 Å². The minimum Gasteiger partial charge on any atom is -0.309 e. The van der Waals surface area contributed by atoms with Crippen molar-refractivity contribution in [2.24, 2.45) is 0 Å². The first kappa shape index (κ1) is 14.4. The molecule has 1 fully saturated rings. The Hall–Kier alpha value is -1.01. The summed E-state index contributed by atoms with van der Waals surface area (Å²) >= 11 is 0. The summed E-state index contributed by atoms with van der Waals surface area (Å²) in [6.07, 6.45) is 1.37. The van der Waals surface area contributed by atoms with Crippen LogP contribution in [0.4, 0.5) is 8.78 Å². The van der Waals surface area contributed by atoms with Gasteiger partial charge < -0.3 is 5.32 Å². The van der Waals surface area contributed by atoms with Gasteiger partial charge in [0.1, 0.15) is 0 Å². The molecule has 1 aromatic rings. The van der Waals surface area contributed by atoms with E-state index < -0.39 is 21.5 Å². The van der Waals surface area contributed by atoms with Gasteiger partial charge in [0.2, 0.25) is 0 Å². The van der Waals surface area contributed by atoms with Crippen molar-refractivity contribution >= 4 is 9.84 Å². The SMILES string of the molecule is CC(NCC1CCCS1(=O)=O)c1ccc(F)c(F)c1. The van der Waals surface area contributed by atoms with E-state index in [0.717, 1.165) is 12.1 Å². The molecule has 1 aliphatic rings. The quantitative estimate of drug-likeness (QED) is 0.924. The lowest BCUT2D eigenvalue weighted by atomic mass is 10.1. The summed E-state index contributed by atoms with van der Waals surface area (Å²) in [5, 5.41) is 2.71. The van der Waals surface area contributed by atoms with Crippen LogP contribution in [0.25, 0.3) is 0 Å². The summed E-state index contributed by atoms with van der Waals surface area (Å²) < 4.78 is 49.2. The molecule has 0 spiro atoms. The molecule has 2 atom stereocenters. The van der Waals surface area contributed by atoms with Crippen LogP contribution in [-0.4, -0.2) is 26.0 Å². The number of benzene rings is 1. The number of hydrogen-bond acceptors (Lipinski definition) is 3. The third-order valence-corrected chi connectivity index (χ3v) is 5.83. The van der Waals surface area contributed by atoms with Gasteiger partial charge >= 0.3 is 0 Å². The second kappa shape index (κ2) is 5.54. The first-order valence-electron chi connectivity index (χ1n) is 6.30. The number of nitrogens with one attached hydrogen (secondary N) is 1. The normalized spacial score (nSPS) is 23.4. The molecule has 106 valence electrons. The van der Waals surface area contributed by atoms with Gasteiger partial charge in [0.25, 0.3) is 0 Å². The molecule has 1 saturated heterocycles. The van der Waals surface area contributed by atoms with Crippen LogP contribution >= 0.6 is 0 Å². The van der Waals surface area contributed by atoms with Gasteiger partial charge in [0, 0.05) is 12.6 Å². The van der Waals surface area contributed by atoms with Crippen LogP contribution in [0.2, 0.25) is 0 Å². The molecule has 1 N–H and O–H groups in total. The number of halogens is 2. The third-order valence-electron chi connectivity index (χ3n) is 3.56. The van der Waals surface area contributed by atoms with Crippen molar-refractivity contribution in [1.29, 1.82) is 0 Å². The molecule has 0 aromatic heterocycles. The maximum atomic E-state index is 13.1. The number of hydrogen-bond donors (Lipinski definition) is 1. The van der Waals surface area contributed by atoms with Gasteiger partial charge in [-0.2, -0.15) is 0 Å². The monoisotopic (exact) mass is 289 g/mol. The van der Waals surface area contributed by atoms with Crippen LogP contribution in [0.15, 0.2) is 18.2 Å². The molecule has 0 saturated carbocycles. The Labute approximate surface area is 111 Å². The highest BCUT2D eigenvalue weighted by molar-refractivity contribution is 7.92. The Kier molecular flexibility index (Phi) is 4.20. The zero-order valence-electron chi connectivity index (χ0n) is 10.7. The van der Waals surface area contributed by atoms with Crippen molar-refractivity contribution in [2.45, 2.75) is 31.1 Å². The van der Waals surface area contributed by atoms with Crippen molar-refractivity contribution in [3.63, 3.8) is 0 Å². The van der Waals surface area contributed by atoms with E-state index in [-0.39, 0.29) is 17.0 Å². The van der Waals surface area contributed by atoms with Crippen LogP contribution < -0.4 is 5.32 Å². The minimum atomic E-state index is -2.98. The molecule has 6 heteroatoms. The standard InChI is InChI=1S/C13H17F2NO2S/c1-9(10-4-5-12(14)13(15)7-10)16-8-11-3-2-6-19(11,17)18/h4-5,7,9,11,16H,2-3,6,8H2,1H3. The van der Waals surface area contributed by atoms with Gasteiger partial charge in [0.15, 0.2) is 21.5 Å². The summed E-state index contributed by atoms with van der Waals surface area (Å²) in [6, 6.07) is 3.50. The maximum Gasteiger partial charge on any atom is 0.159 e. The van der Waals surface area contributed by atoms with Gasteiger partial charge in [-0.3, -0.25) is 0 Å². The fourth-order valence-electron chi connectivity index (χ4n) is 2.30. The zero-order valence-corrected chi connectivity index (χ0v) is 11.5. The Bertz CT molecular complexity index is 560. The molecular formula is C13H17F2NO2S. The van der Waals surface area contributed by atoms with Crippen LogP contribution in [-0.2, 0) is 9.84 Å². The van der Waals surface area contributed by atoms with E-state index in [0.29, 0.717) is 24.9 Å². The van der Waals surface area contributed by atoms with Crippen molar-refractivity contribution in [3.8, 4) is 0 Å². The van der Waals surface area contributed by atoms with E-state index >= 15 is 0 Å². The van der Waals surface area contributed by atoms with E-state index in [2.05, 4.69) is 5.32 Å². The lowest BCUT2D eigenvalue weighted by molar-refractivity contribution is 0.498. The van der Waals surface area contributed by atoms with Gasteiger partial charge in [-0.25, -0.2) is 17.2 Å². The van der Waals surface area contributed by atoms with E-state index in [9.17, 15) is 17.2 Å². The maximum absolute atomic E-state index is 13.1. The Balaban J connectivity index is 1.98. The van der Waals surface area contributed by atoms with Crippen LogP contribution in [0, 0.1) is 11.6 Å². The third kappa shape index (κ3) is 3.30. The fraction of sp³-hybridized carbons (Fsp3) is 0.538. The first-order chi connectivity index (χ1) is 8.90. The minimum absolute atomic E-state index is 0.217. The molecule has 0 amide bonds. The molecule has 0 bridgehead atoms. The zero-order chi connectivity index (χ0) is 14.0. The molecule has 2 rings (SSSR count). The van der Waals surface area contributed by atoms with Gasteiger partial charge in [-0.15, -0.1) is 0 Å². The van der Waals surface area contributed by atoms with Crippen molar-refractivity contribution < 1.29 is 17.2 Å². The van der Waals surface area contributed by atoms with Crippen molar-refractivity contribution in [2.75, 3.05) is 12.3 Å². The summed E-state index contributed by atoms with van der Waals surface area (Å²) in [5.74, 6) is -1.52. The summed E-state index contributed by atoms with van der Waals surface area (Å²) in [7, 11) is -2.98. The summed E-state index contributed by atoms with van der Waals surface area (Å²) in [4.78, 5) is 0. The number of sulfone groups is 1. The molecule has 2 unspecified atom stereocenters. The van der Waals surface area contributed by atoms with E-state index in [1.165, 1.54) is 6.07 Å². The lowest BCUT2D eigenvalue weighted by Crippen LogP contribution is -2.32. The second-order valence-corrected chi connectivity index (χ2v) is 7.34. The van der Waals surface area contributed by atoms with Gasteiger partial charge in [-0.05, 0) is 37.5 Å². The predicted octanol–water partition coefficient (Wildman–Crippen LogP) is 2.19. The smallest absolute Gasteiger partial charge is 0.159 e. The highest BCUT2D eigenvalue weighted by Gasteiger charge is 2.31.